The molecular formula is C18H8N2O2. The van der Waals surface area contributed by atoms with Crippen LogP contribution >= 0.6 is 0 Å². The fourth-order valence-corrected chi connectivity index (χ4v) is 3.32. The quantitative estimate of drug-likeness (QED) is 0.438. The molecule has 0 amide bonds. The second kappa shape index (κ2) is 3.74. The van der Waals surface area contributed by atoms with E-state index in [2.05, 4.69) is 10.2 Å². The molecule has 1 aromatic heterocycles. The molecule has 0 unspecified atom stereocenters. The molecule has 0 saturated carbocycles. The Morgan fingerprint density at radius 1 is 0.545 bits per heavy atom. The number of aromatic nitrogens is 2. The molecule has 0 N–H and O–H groups in total. The minimum Gasteiger partial charge on any atom is -0.288 e. The first-order chi connectivity index (χ1) is 10.8. The van der Waals surface area contributed by atoms with E-state index in [0.29, 0.717) is 27.1 Å². The SMILES string of the molecule is O=c1c2ccccc2c2c1nnc1c3ccccc3c(=O)c12. The molecule has 0 aliphatic heterocycles. The van der Waals surface area contributed by atoms with E-state index in [4.69, 9.17) is 0 Å². The van der Waals surface area contributed by atoms with E-state index in [1.807, 2.05) is 36.4 Å². The molecule has 4 aromatic carbocycles. The zero-order valence-electron chi connectivity index (χ0n) is 11.3. The maximum Gasteiger partial charge on any atom is 0.214 e. The largest absolute Gasteiger partial charge is 0.288 e. The lowest BCUT2D eigenvalue weighted by atomic mass is 10.1. The molecule has 22 heavy (non-hydrogen) atoms. The summed E-state index contributed by atoms with van der Waals surface area (Å²) in [6.45, 7) is 0. The normalized spacial score (nSPS) is 12.0. The van der Waals surface area contributed by atoms with Crippen molar-refractivity contribution in [1.29, 1.82) is 0 Å². The third kappa shape index (κ3) is 1.18. The zero-order chi connectivity index (χ0) is 14.8. The number of rotatable bonds is 0. The molecule has 0 spiro atoms. The Bertz CT molecular complexity index is 1310. The molecular weight excluding hydrogens is 276 g/mol. The first-order valence-corrected chi connectivity index (χ1v) is 6.96. The van der Waals surface area contributed by atoms with Crippen LogP contribution in [0.2, 0.25) is 0 Å². The average Bonchev–Trinajstić information content (AvgIpc) is 3.02. The van der Waals surface area contributed by atoms with Crippen molar-refractivity contribution < 1.29 is 0 Å². The van der Waals surface area contributed by atoms with Gasteiger partial charge in [-0.1, -0.05) is 48.5 Å². The Morgan fingerprint density at radius 3 is 1.82 bits per heavy atom. The average molecular weight is 284 g/mol. The summed E-state index contributed by atoms with van der Waals surface area (Å²) in [5.41, 5.74) is 0.607. The Labute approximate surface area is 123 Å². The highest BCUT2D eigenvalue weighted by molar-refractivity contribution is 6.26. The van der Waals surface area contributed by atoms with Gasteiger partial charge < -0.3 is 0 Å². The Morgan fingerprint density at radius 2 is 1.09 bits per heavy atom. The fraction of sp³-hybridized carbons (Fsp3) is 0. The third-order valence-corrected chi connectivity index (χ3v) is 4.28. The minimum absolute atomic E-state index is 0.0822. The number of hydrogen-bond donors (Lipinski definition) is 0. The van der Waals surface area contributed by atoms with Crippen LogP contribution in [0.4, 0.5) is 0 Å². The van der Waals surface area contributed by atoms with Crippen LogP contribution in [-0.2, 0) is 0 Å². The van der Waals surface area contributed by atoms with E-state index in [1.165, 1.54) is 0 Å². The van der Waals surface area contributed by atoms with E-state index >= 15 is 0 Å². The maximum atomic E-state index is 12.8. The highest BCUT2D eigenvalue weighted by Gasteiger charge is 2.20. The summed E-state index contributed by atoms with van der Waals surface area (Å²) < 4.78 is 0. The van der Waals surface area contributed by atoms with Crippen molar-refractivity contribution in [3.8, 4) is 0 Å². The van der Waals surface area contributed by atoms with Crippen LogP contribution in [0.5, 0.6) is 0 Å². The second-order valence-electron chi connectivity index (χ2n) is 5.40. The summed E-state index contributed by atoms with van der Waals surface area (Å²) in [6, 6.07) is 14.6. The maximum absolute atomic E-state index is 12.8. The lowest BCUT2D eigenvalue weighted by Crippen LogP contribution is -1.99. The number of nitrogens with zero attached hydrogens (tertiary/aromatic N) is 2. The Hall–Kier alpha value is -3.14. The highest BCUT2D eigenvalue weighted by Crippen LogP contribution is 2.31. The Balaban J connectivity index is 2.26. The van der Waals surface area contributed by atoms with E-state index in [0.717, 1.165) is 10.8 Å². The summed E-state index contributed by atoms with van der Waals surface area (Å²) >= 11 is 0. The van der Waals surface area contributed by atoms with Gasteiger partial charge in [0.15, 0.2) is 5.43 Å². The first kappa shape index (κ1) is 11.5. The first-order valence-electron chi connectivity index (χ1n) is 6.96. The van der Waals surface area contributed by atoms with Crippen LogP contribution in [0.3, 0.4) is 0 Å². The molecule has 0 fully saturated rings. The van der Waals surface area contributed by atoms with Crippen LogP contribution in [0.1, 0.15) is 0 Å². The molecule has 0 saturated heterocycles. The molecule has 1 heterocycles. The zero-order valence-corrected chi connectivity index (χ0v) is 11.3. The second-order valence-corrected chi connectivity index (χ2v) is 5.40. The standard InChI is InChI=1S/C18H8N2O2/c21-17-12-8-4-2-6-10(12)15-14(17)13-9-5-1-3-7-11(9)18(22)16(13)20-19-15/h1-8H. The van der Waals surface area contributed by atoms with Crippen molar-refractivity contribution in [1.82, 2.24) is 10.2 Å². The Kier molecular flexibility index (Phi) is 1.96. The van der Waals surface area contributed by atoms with Crippen LogP contribution in [0, 0.1) is 0 Å². The molecule has 5 aromatic rings. The fourth-order valence-electron chi connectivity index (χ4n) is 3.32. The van der Waals surface area contributed by atoms with E-state index in [9.17, 15) is 9.59 Å². The summed E-state index contributed by atoms with van der Waals surface area (Å²) in [6.07, 6.45) is 0. The highest BCUT2D eigenvalue weighted by atomic mass is 16.1. The van der Waals surface area contributed by atoms with Crippen molar-refractivity contribution in [3.63, 3.8) is 0 Å². The third-order valence-electron chi connectivity index (χ3n) is 4.28. The van der Waals surface area contributed by atoms with Gasteiger partial charge in [-0.15, -0.1) is 10.2 Å². The predicted octanol–water partition coefficient (Wildman–Crippen LogP) is 2.69. The summed E-state index contributed by atoms with van der Waals surface area (Å²) in [4.78, 5) is 25.2. The molecule has 4 nitrogen and oxygen atoms in total. The van der Waals surface area contributed by atoms with E-state index in [1.54, 1.807) is 12.1 Å². The van der Waals surface area contributed by atoms with Gasteiger partial charge in [0.05, 0.1) is 5.39 Å². The monoisotopic (exact) mass is 284 g/mol. The summed E-state index contributed by atoms with van der Waals surface area (Å²) in [5, 5.41) is 12.2. The molecule has 5 rings (SSSR count). The molecule has 0 atom stereocenters. The van der Waals surface area contributed by atoms with Gasteiger partial charge >= 0.3 is 0 Å². The predicted molar refractivity (Wildman–Crippen MR) is 87.0 cm³/mol. The van der Waals surface area contributed by atoms with Crippen molar-refractivity contribution in [2.45, 2.75) is 0 Å². The molecule has 0 radical (unpaired) electrons. The molecule has 102 valence electrons. The van der Waals surface area contributed by atoms with Gasteiger partial charge in [-0.2, -0.15) is 0 Å². The smallest absolute Gasteiger partial charge is 0.214 e. The minimum atomic E-state index is -0.162. The molecule has 4 heteroatoms. The van der Waals surface area contributed by atoms with Crippen molar-refractivity contribution in [2.75, 3.05) is 0 Å². The summed E-state index contributed by atoms with van der Waals surface area (Å²) in [5.74, 6) is 0. The van der Waals surface area contributed by atoms with Crippen LogP contribution in [0.15, 0.2) is 58.1 Å². The van der Waals surface area contributed by atoms with Crippen molar-refractivity contribution in [3.05, 3.63) is 69.0 Å². The van der Waals surface area contributed by atoms with Crippen molar-refractivity contribution in [2.24, 2.45) is 0 Å². The topological polar surface area (TPSA) is 59.9 Å². The van der Waals surface area contributed by atoms with Gasteiger partial charge in [0.2, 0.25) is 5.43 Å². The van der Waals surface area contributed by atoms with Crippen LogP contribution in [-0.4, -0.2) is 10.2 Å². The van der Waals surface area contributed by atoms with Crippen LogP contribution < -0.4 is 10.9 Å². The van der Waals surface area contributed by atoms with Gasteiger partial charge in [-0.25, -0.2) is 0 Å². The van der Waals surface area contributed by atoms with E-state index in [-0.39, 0.29) is 16.4 Å². The van der Waals surface area contributed by atoms with Crippen molar-refractivity contribution >= 4 is 43.4 Å². The molecule has 0 aliphatic rings. The molecule has 0 aliphatic carbocycles. The van der Waals surface area contributed by atoms with E-state index < -0.39 is 0 Å². The van der Waals surface area contributed by atoms with Crippen LogP contribution in [0.25, 0.3) is 43.4 Å². The number of fused-ring (bicyclic) bond motifs is 7. The lowest BCUT2D eigenvalue weighted by molar-refractivity contribution is 1.13. The number of hydrogen-bond acceptors (Lipinski definition) is 4. The van der Waals surface area contributed by atoms with Gasteiger partial charge in [-0.3, -0.25) is 9.59 Å². The lowest BCUT2D eigenvalue weighted by Gasteiger charge is -1.93. The summed E-state index contributed by atoms with van der Waals surface area (Å²) in [7, 11) is 0. The van der Waals surface area contributed by atoms with Gasteiger partial charge in [-0.05, 0) is 5.39 Å². The van der Waals surface area contributed by atoms with Gasteiger partial charge in [0, 0.05) is 21.5 Å². The van der Waals surface area contributed by atoms with Gasteiger partial charge in [0.1, 0.15) is 11.0 Å². The van der Waals surface area contributed by atoms with Gasteiger partial charge in [0.25, 0.3) is 0 Å². The number of benzene rings is 2. The molecule has 0 bridgehead atoms.